The summed E-state index contributed by atoms with van der Waals surface area (Å²) in [4.78, 5) is 38.7. The lowest BCUT2D eigenvalue weighted by Crippen LogP contribution is -2.46. The van der Waals surface area contributed by atoms with Gasteiger partial charge in [-0.25, -0.2) is 4.79 Å². The maximum Gasteiger partial charge on any atom is 0.329 e. The molecule has 160 valence electrons. The number of esters is 2. The highest BCUT2D eigenvalue weighted by atomic mass is 127. The summed E-state index contributed by atoms with van der Waals surface area (Å²) in [5, 5.41) is 2.96. The Morgan fingerprint density at radius 3 is 2.00 bits per heavy atom. The van der Waals surface area contributed by atoms with E-state index in [4.69, 9.17) is 14.2 Å². The first-order chi connectivity index (χ1) is 14.4. The molecule has 0 bridgehead atoms. The number of nitrogens with one attached hydrogen (secondary N) is 1. The van der Waals surface area contributed by atoms with Gasteiger partial charge in [-0.05, 0) is 72.8 Å². The van der Waals surface area contributed by atoms with E-state index in [-0.39, 0.29) is 13.2 Å². The van der Waals surface area contributed by atoms with Crippen LogP contribution in [0.1, 0.15) is 24.2 Å². The van der Waals surface area contributed by atoms with Gasteiger partial charge in [0.1, 0.15) is 11.8 Å². The zero-order valence-corrected chi connectivity index (χ0v) is 19.2. The van der Waals surface area contributed by atoms with Gasteiger partial charge in [-0.1, -0.05) is 12.1 Å². The van der Waals surface area contributed by atoms with E-state index in [9.17, 15) is 14.4 Å². The van der Waals surface area contributed by atoms with Crippen LogP contribution in [0.15, 0.2) is 48.5 Å². The monoisotopic (exact) mass is 525 g/mol. The minimum atomic E-state index is -1.41. The number of hydrogen-bond acceptors (Lipinski definition) is 7. The van der Waals surface area contributed by atoms with Crippen LogP contribution in [-0.2, 0) is 19.1 Å². The summed E-state index contributed by atoms with van der Waals surface area (Å²) in [5.74, 6) is -2.81. The van der Waals surface area contributed by atoms with Crippen molar-refractivity contribution in [3.05, 3.63) is 57.7 Å². The van der Waals surface area contributed by atoms with Gasteiger partial charge >= 0.3 is 11.9 Å². The highest BCUT2D eigenvalue weighted by Crippen LogP contribution is 2.23. The van der Waals surface area contributed by atoms with Crippen LogP contribution in [0.3, 0.4) is 0 Å². The minimum absolute atomic E-state index is 0.0768. The van der Waals surface area contributed by atoms with E-state index in [1.807, 2.05) is 0 Å². The number of Topliss-reactive ketones (excluding diaryl/α,β-unsaturated/α-hetero) is 1. The maximum absolute atomic E-state index is 13.2. The van der Waals surface area contributed by atoms with E-state index < -0.39 is 29.7 Å². The first-order valence-electron chi connectivity index (χ1n) is 9.44. The molecule has 8 heteroatoms. The molecule has 7 nitrogen and oxygen atoms in total. The molecule has 0 heterocycles. The number of benzene rings is 2. The molecule has 0 fully saturated rings. The van der Waals surface area contributed by atoms with E-state index in [0.717, 1.165) is 3.57 Å². The Hall–Kier alpha value is -2.62. The van der Waals surface area contributed by atoms with Crippen molar-refractivity contribution in [2.24, 2.45) is 5.92 Å². The number of halogens is 1. The Morgan fingerprint density at radius 2 is 1.47 bits per heavy atom. The van der Waals surface area contributed by atoms with Crippen LogP contribution in [0, 0.1) is 9.49 Å². The van der Waals surface area contributed by atoms with Crippen molar-refractivity contribution in [2.75, 3.05) is 25.6 Å². The number of hydrogen-bond donors (Lipinski definition) is 1. The van der Waals surface area contributed by atoms with Gasteiger partial charge in [0.05, 0.1) is 20.3 Å². The van der Waals surface area contributed by atoms with Crippen molar-refractivity contribution in [1.29, 1.82) is 0 Å². The number of rotatable bonds is 10. The molecule has 1 N–H and O–H groups in total. The lowest BCUT2D eigenvalue weighted by atomic mass is 9.90. The topological polar surface area (TPSA) is 90.9 Å². The van der Waals surface area contributed by atoms with E-state index >= 15 is 0 Å². The summed E-state index contributed by atoms with van der Waals surface area (Å²) in [6, 6.07) is 12.3. The van der Waals surface area contributed by atoms with Gasteiger partial charge in [0, 0.05) is 14.8 Å². The first kappa shape index (κ1) is 23.7. The van der Waals surface area contributed by atoms with E-state index in [1.165, 1.54) is 0 Å². The lowest BCUT2D eigenvalue weighted by Gasteiger charge is -2.25. The van der Waals surface area contributed by atoms with Gasteiger partial charge in [0.15, 0.2) is 11.7 Å². The maximum atomic E-state index is 13.2. The van der Waals surface area contributed by atoms with Gasteiger partial charge in [-0.3, -0.25) is 9.59 Å². The molecule has 0 radical (unpaired) electrons. The average molecular weight is 525 g/mol. The summed E-state index contributed by atoms with van der Waals surface area (Å²) in [7, 11) is 1.54. The van der Waals surface area contributed by atoms with Crippen LogP contribution in [-0.4, -0.2) is 44.1 Å². The van der Waals surface area contributed by atoms with Gasteiger partial charge in [0.2, 0.25) is 0 Å². The van der Waals surface area contributed by atoms with Crippen molar-refractivity contribution >= 4 is 46.0 Å². The zero-order chi connectivity index (χ0) is 22.1. The molecule has 0 aromatic heterocycles. The molecule has 0 spiro atoms. The van der Waals surface area contributed by atoms with Crippen molar-refractivity contribution in [3.8, 4) is 5.75 Å². The summed E-state index contributed by atoms with van der Waals surface area (Å²) in [5.41, 5.74) is 0.831. The molecule has 0 saturated carbocycles. The number of ether oxygens (including phenoxy) is 3. The second kappa shape index (κ2) is 11.5. The quantitative estimate of drug-likeness (QED) is 0.219. The van der Waals surface area contributed by atoms with Crippen LogP contribution in [0.25, 0.3) is 0 Å². The van der Waals surface area contributed by atoms with Gasteiger partial charge in [-0.2, -0.15) is 0 Å². The van der Waals surface area contributed by atoms with E-state index in [0.29, 0.717) is 17.0 Å². The molecule has 0 aliphatic rings. The molecule has 2 aromatic carbocycles. The minimum Gasteiger partial charge on any atom is -0.497 e. The lowest BCUT2D eigenvalue weighted by molar-refractivity contribution is -0.153. The van der Waals surface area contributed by atoms with Crippen molar-refractivity contribution < 1.29 is 28.6 Å². The summed E-state index contributed by atoms with van der Waals surface area (Å²) >= 11 is 2.12. The fourth-order valence-corrected chi connectivity index (χ4v) is 3.16. The Labute approximate surface area is 189 Å². The first-order valence-corrected chi connectivity index (χ1v) is 10.5. The standard InChI is InChI=1S/C22H24INO6/c1-4-29-21(26)18(20(25)14-6-8-15(23)9-7-14)19(22(27)30-5-2)24-16-10-12-17(28-3)13-11-16/h6-13,18-19,24H,4-5H2,1-3H3. The number of carbonyl (C=O) groups is 3. The molecule has 2 unspecified atom stereocenters. The smallest absolute Gasteiger partial charge is 0.329 e. The second-order valence-corrected chi connectivity index (χ2v) is 7.45. The predicted octanol–water partition coefficient (Wildman–Crippen LogP) is 3.71. The molecule has 2 aromatic rings. The molecule has 0 aliphatic heterocycles. The van der Waals surface area contributed by atoms with Crippen LogP contribution in [0.2, 0.25) is 0 Å². The van der Waals surface area contributed by atoms with E-state index in [1.54, 1.807) is 69.5 Å². The third-order valence-corrected chi connectivity index (χ3v) is 4.96. The molecule has 30 heavy (non-hydrogen) atoms. The zero-order valence-electron chi connectivity index (χ0n) is 17.0. The van der Waals surface area contributed by atoms with Gasteiger partial charge in [0.25, 0.3) is 0 Å². The Balaban J connectivity index is 2.44. The molecular formula is C22H24INO6. The van der Waals surface area contributed by atoms with Crippen molar-refractivity contribution in [1.82, 2.24) is 0 Å². The average Bonchev–Trinajstić information content (AvgIpc) is 2.74. The second-order valence-electron chi connectivity index (χ2n) is 6.20. The fraction of sp³-hybridized carbons (Fsp3) is 0.318. The predicted molar refractivity (Wildman–Crippen MR) is 121 cm³/mol. The Morgan fingerprint density at radius 1 is 0.900 bits per heavy atom. The molecule has 0 saturated heterocycles. The Kier molecular flexibility index (Phi) is 9.10. The highest BCUT2D eigenvalue weighted by molar-refractivity contribution is 14.1. The SMILES string of the molecule is CCOC(=O)C(Nc1ccc(OC)cc1)C(C(=O)OCC)C(=O)c1ccc(I)cc1. The molecule has 0 amide bonds. The number of ketones is 1. The summed E-state index contributed by atoms with van der Waals surface area (Å²) in [6.45, 7) is 3.48. The molecule has 2 atom stereocenters. The highest BCUT2D eigenvalue weighted by Gasteiger charge is 2.42. The largest absolute Gasteiger partial charge is 0.497 e. The summed E-state index contributed by atoms with van der Waals surface area (Å²) in [6.07, 6.45) is 0. The van der Waals surface area contributed by atoms with Crippen molar-refractivity contribution in [2.45, 2.75) is 19.9 Å². The van der Waals surface area contributed by atoms with E-state index in [2.05, 4.69) is 27.9 Å². The Bertz CT molecular complexity index is 866. The normalized spacial score (nSPS) is 12.4. The van der Waals surface area contributed by atoms with Gasteiger partial charge < -0.3 is 19.5 Å². The third kappa shape index (κ3) is 6.19. The number of methoxy groups -OCH3 is 1. The summed E-state index contributed by atoms with van der Waals surface area (Å²) < 4.78 is 16.3. The molecular weight excluding hydrogens is 501 g/mol. The fourth-order valence-electron chi connectivity index (χ4n) is 2.80. The van der Waals surface area contributed by atoms with Crippen LogP contribution < -0.4 is 10.1 Å². The number of anilines is 1. The third-order valence-electron chi connectivity index (χ3n) is 4.24. The number of carbonyl (C=O) groups excluding carboxylic acids is 3. The van der Waals surface area contributed by atoms with Crippen molar-refractivity contribution in [3.63, 3.8) is 0 Å². The molecule has 0 aliphatic carbocycles. The van der Waals surface area contributed by atoms with Crippen LogP contribution in [0.5, 0.6) is 5.75 Å². The van der Waals surface area contributed by atoms with Crippen LogP contribution >= 0.6 is 22.6 Å². The molecule has 2 rings (SSSR count). The van der Waals surface area contributed by atoms with Crippen LogP contribution in [0.4, 0.5) is 5.69 Å². The van der Waals surface area contributed by atoms with Gasteiger partial charge in [-0.15, -0.1) is 0 Å².